The fourth-order valence-electron chi connectivity index (χ4n) is 1.75. The molecule has 1 fully saturated rings. The van der Waals surface area contributed by atoms with Crippen LogP contribution in [0.25, 0.3) is 11.0 Å². The Morgan fingerprint density at radius 2 is 1.94 bits per heavy atom. The average molecular weight is 259 g/mol. The molecule has 0 N–H and O–H groups in total. The van der Waals surface area contributed by atoms with E-state index < -0.39 is 0 Å². The van der Waals surface area contributed by atoms with E-state index >= 15 is 0 Å². The molecule has 2 heterocycles. The van der Waals surface area contributed by atoms with E-state index in [0.717, 1.165) is 12.0 Å². The summed E-state index contributed by atoms with van der Waals surface area (Å²) in [6.07, 6.45) is 3.73. The number of fused-ring (bicyclic) bond motifs is 1. The first-order valence-corrected chi connectivity index (χ1v) is 6.65. The largest absolute Gasteiger partial charge is 0.423 e. The number of para-hydroxylation sites is 1. The summed E-state index contributed by atoms with van der Waals surface area (Å²) in [5.74, 6) is 0. The standard InChI is InChI=1S/C9H6O2.C5H9OSi/c10-9-6-5-7-3-1-2-4-8(7)11-9;7-5-3-1-2-4-6-5/h1-6H;5H,1-4H2. The smallest absolute Gasteiger partial charge is 0.336 e. The van der Waals surface area contributed by atoms with Gasteiger partial charge in [0.15, 0.2) is 0 Å². The van der Waals surface area contributed by atoms with Crippen molar-refractivity contribution in [1.29, 1.82) is 0 Å². The van der Waals surface area contributed by atoms with E-state index in [0.29, 0.717) is 11.3 Å². The normalized spacial score (nSPS) is 19.1. The topological polar surface area (TPSA) is 39.4 Å². The van der Waals surface area contributed by atoms with Gasteiger partial charge in [0.2, 0.25) is 0 Å². The zero-order valence-corrected chi connectivity index (χ0v) is 11.1. The summed E-state index contributed by atoms with van der Waals surface area (Å²) in [6.45, 7) is 0.939. The van der Waals surface area contributed by atoms with Gasteiger partial charge in [0.25, 0.3) is 0 Å². The molecular formula is C14H15O3Si. The van der Waals surface area contributed by atoms with E-state index in [-0.39, 0.29) is 5.63 Å². The lowest BCUT2D eigenvalue weighted by atomic mass is 10.2. The molecular weight excluding hydrogens is 244 g/mol. The summed E-state index contributed by atoms with van der Waals surface area (Å²) < 4.78 is 10.1. The molecule has 2 aromatic rings. The molecule has 0 amide bonds. The fraction of sp³-hybridized carbons (Fsp3) is 0.357. The maximum atomic E-state index is 10.7. The summed E-state index contributed by atoms with van der Waals surface area (Å²) in [5.41, 5.74) is 0.678. The summed E-state index contributed by atoms with van der Waals surface area (Å²) in [5, 5.41) is 0.951. The average Bonchev–Trinajstić information content (AvgIpc) is 2.40. The van der Waals surface area contributed by atoms with Crippen LogP contribution in [-0.2, 0) is 4.74 Å². The van der Waals surface area contributed by atoms with E-state index in [1.807, 2.05) is 18.2 Å². The van der Waals surface area contributed by atoms with E-state index in [4.69, 9.17) is 9.15 Å². The van der Waals surface area contributed by atoms with Gasteiger partial charge in [-0.25, -0.2) is 4.79 Å². The van der Waals surface area contributed by atoms with Crippen molar-refractivity contribution in [1.82, 2.24) is 0 Å². The Labute approximate surface area is 109 Å². The molecule has 1 aromatic heterocycles. The molecule has 0 aliphatic carbocycles. The first-order chi connectivity index (χ1) is 8.75. The van der Waals surface area contributed by atoms with Crippen molar-refractivity contribution < 1.29 is 9.15 Å². The van der Waals surface area contributed by atoms with Crippen LogP contribution >= 0.6 is 0 Å². The maximum Gasteiger partial charge on any atom is 0.336 e. The molecule has 1 saturated heterocycles. The zero-order chi connectivity index (χ0) is 12.8. The first kappa shape index (κ1) is 13.0. The molecule has 1 aliphatic heterocycles. The lowest BCUT2D eigenvalue weighted by molar-refractivity contribution is 0.0675. The van der Waals surface area contributed by atoms with Gasteiger partial charge in [-0.05, 0) is 31.4 Å². The van der Waals surface area contributed by atoms with Gasteiger partial charge in [0, 0.05) is 23.8 Å². The molecule has 3 rings (SSSR count). The van der Waals surface area contributed by atoms with Crippen LogP contribution in [0.4, 0.5) is 0 Å². The van der Waals surface area contributed by atoms with Crippen LogP contribution in [-0.4, -0.2) is 22.6 Å². The third-order valence-corrected chi connectivity index (χ3v) is 3.16. The highest BCUT2D eigenvalue weighted by Gasteiger charge is 2.06. The van der Waals surface area contributed by atoms with Crippen LogP contribution in [0.3, 0.4) is 0 Å². The molecule has 0 bridgehead atoms. The fourth-order valence-corrected chi connectivity index (χ4v) is 2.07. The second-order valence-electron chi connectivity index (χ2n) is 4.15. The number of hydrogen-bond acceptors (Lipinski definition) is 3. The van der Waals surface area contributed by atoms with Crippen molar-refractivity contribution in [3.05, 3.63) is 46.8 Å². The third-order valence-electron chi connectivity index (χ3n) is 2.71. The Balaban J connectivity index is 0.000000149. The number of ether oxygens (including phenoxy) is 1. The van der Waals surface area contributed by atoms with Crippen molar-refractivity contribution in [2.75, 3.05) is 6.61 Å². The molecule has 4 heteroatoms. The highest BCUT2D eigenvalue weighted by molar-refractivity contribution is 6.11. The van der Waals surface area contributed by atoms with Crippen molar-refractivity contribution in [2.45, 2.75) is 25.0 Å². The molecule has 0 saturated carbocycles. The van der Waals surface area contributed by atoms with Crippen LogP contribution in [0.1, 0.15) is 19.3 Å². The summed E-state index contributed by atoms with van der Waals surface area (Å²) in [7, 11) is 3.41. The van der Waals surface area contributed by atoms with Gasteiger partial charge in [-0.1, -0.05) is 18.2 Å². The van der Waals surface area contributed by atoms with E-state index in [1.54, 1.807) is 12.1 Å². The molecule has 1 unspecified atom stereocenters. The van der Waals surface area contributed by atoms with E-state index in [1.165, 1.54) is 25.3 Å². The van der Waals surface area contributed by atoms with Gasteiger partial charge in [-0.15, -0.1) is 0 Å². The summed E-state index contributed by atoms with van der Waals surface area (Å²) >= 11 is 0. The minimum absolute atomic E-state index is 0.302. The Morgan fingerprint density at radius 1 is 1.11 bits per heavy atom. The SMILES string of the molecule is O=c1ccc2ccccc2o1.[Si]C1CCCCO1. The van der Waals surface area contributed by atoms with E-state index in [9.17, 15) is 4.79 Å². The molecule has 18 heavy (non-hydrogen) atoms. The van der Waals surface area contributed by atoms with Gasteiger partial charge in [-0.2, -0.15) is 0 Å². The van der Waals surface area contributed by atoms with Crippen LogP contribution in [0.15, 0.2) is 45.6 Å². The Kier molecular flexibility index (Phi) is 4.72. The van der Waals surface area contributed by atoms with Crippen LogP contribution in [0.5, 0.6) is 0 Å². The third kappa shape index (κ3) is 3.82. The monoisotopic (exact) mass is 259 g/mol. The van der Waals surface area contributed by atoms with E-state index in [2.05, 4.69) is 10.2 Å². The lowest BCUT2D eigenvalue weighted by Gasteiger charge is -2.17. The molecule has 93 valence electrons. The molecule has 3 radical (unpaired) electrons. The van der Waals surface area contributed by atoms with Gasteiger partial charge < -0.3 is 9.15 Å². The van der Waals surface area contributed by atoms with Gasteiger partial charge in [0.05, 0.1) is 10.2 Å². The second kappa shape index (κ2) is 6.52. The van der Waals surface area contributed by atoms with Crippen LogP contribution < -0.4 is 5.63 Å². The Bertz CT molecular complexity index is 544. The van der Waals surface area contributed by atoms with Gasteiger partial charge in [-0.3, -0.25) is 0 Å². The molecule has 1 atom stereocenters. The summed E-state index contributed by atoms with van der Waals surface area (Å²) in [4.78, 5) is 10.7. The molecule has 1 aromatic carbocycles. The van der Waals surface area contributed by atoms with Crippen LogP contribution in [0, 0.1) is 0 Å². The van der Waals surface area contributed by atoms with Crippen molar-refractivity contribution in [3.63, 3.8) is 0 Å². The van der Waals surface area contributed by atoms with Crippen molar-refractivity contribution in [3.8, 4) is 0 Å². The van der Waals surface area contributed by atoms with Gasteiger partial charge in [0.1, 0.15) is 5.58 Å². The minimum Gasteiger partial charge on any atom is -0.423 e. The summed E-state index contributed by atoms with van der Waals surface area (Å²) in [6, 6.07) is 10.6. The van der Waals surface area contributed by atoms with Crippen LogP contribution in [0.2, 0.25) is 0 Å². The van der Waals surface area contributed by atoms with Crippen molar-refractivity contribution >= 4 is 21.2 Å². The Morgan fingerprint density at radius 3 is 2.61 bits per heavy atom. The van der Waals surface area contributed by atoms with Crippen molar-refractivity contribution in [2.24, 2.45) is 0 Å². The minimum atomic E-state index is -0.302. The second-order valence-corrected chi connectivity index (χ2v) is 4.79. The predicted octanol–water partition coefficient (Wildman–Crippen LogP) is 2.47. The molecule has 0 spiro atoms. The lowest BCUT2D eigenvalue weighted by Crippen LogP contribution is -2.18. The van der Waals surface area contributed by atoms with Gasteiger partial charge >= 0.3 is 5.63 Å². The number of rotatable bonds is 0. The molecule has 1 aliphatic rings. The highest BCUT2D eigenvalue weighted by atomic mass is 28.1. The predicted molar refractivity (Wildman–Crippen MR) is 71.8 cm³/mol. The number of benzene rings is 1. The first-order valence-electron chi connectivity index (χ1n) is 6.07. The Hall–Kier alpha value is -1.39. The number of hydrogen-bond donors (Lipinski definition) is 0. The zero-order valence-electron chi connectivity index (χ0n) is 10.1. The maximum absolute atomic E-state index is 10.7. The highest BCUT2D eigenvalue weighted by Crippen LogP contribution is 2.09. The molecule has 3 nitrogen and oxygen atoms in total. The quantitative estimate of drug-likeness (QED) is 0.539.